The van der Waals surface area contributed by atoms with Crippen molar-refractivity contribution in [1.82, 2.24) is 9.88 Å². The van der Waals surface area contributed by atoms with Gasteiger partial charge in [-0.2, -0.15) is 0 Å². The van der Waals surface area contributed by atoms with Gasteiger partial charge in [-0.05, 0) is 52.4 Å². The second-order valence-corrected chi connectivity index (χ2v) is 7.68. The fraction of sp³-hybridized carbons (Fsp3) is 0.385. The second kappa shape index (κ2) is 19.0. The molecule has 8 heteroatoms. The molecule has 1 heterocycles. The van der Waals surface area contributed by atoms with Gasteiger partial charge < -0.3 is 19.8 Å². The van der Waals surface area contributed by atoms with Crippen molar-refractivity contribution in [3.63, 3.8) is 0 Å². The minimum absolute atomic E-state index is 0.0528. The molecule has 1 aromatic rings. The largest absolute Gasteiger partial charge is 0.478 e. The maximum atomic E-state index is 12.0. The summed E-state index contributed by atoms with van der Waals surface area (Å²) in [5.74, 6) is -2.00. The van der Waals surface area contributed by atoms with Gasteiger partial charge >= 0.3 is 11.9 Å². The highest BCUT2D eigenvalue weighted by molar-refractivity contribution is 6.04. The Kier molecular flexibility index (Phi) is 17.0. The molecule has 0 aliphatic carbocycles. The number of hydrogen-bond donors (Lipinski definition) is 2. The number of aromatic nitrogens is 1. The summed E-state index contributed by atoms with van der Waals surface area (Å²) < 4.78 is 5.65. The molecule has 0 radical (unpaired) electrons. The zero-order chi connectivity index (χ0) is 25.8. The van der Waals surface area contributed by atoms with Gasteiger partial charge in [0.15, 0.2) is 5.78 Å². The van der Waals surface area contributed by atoms with E-state index in [-0.39, 0.29) is 5.78 Å². The minimum atomic E-state index is -1.26. The summed E-state index contributed by atoms with van der Waals surface area (Å²) in [6, 6.07) is 3.51. The maximum absolute atomic E-state index is 12.0. The third-order valence-electron chi connectivity index (χ3n) is 4.19. The van der Waals surface area contributed by atoms with Crippen LogP contribution in [0.25, 0.3) is 0 Å². The van der Waals surface area contributed by atoms with Gasteiger partial charge in [-0.3, -0.25) is 4.79 Å². The van der Waals surface area contributed by atoms with Crippen molar-refractivity contribution in [2.75, 3.05) is 26.7 Å². The number of carbonyl (C=O) groups is 3. The molecule has 0 fully saturated rings. The molecule has 1 aromatic heterocycles. The summed E-state index contributed by atoms with van der Waals surface area (Å²) >= 11 is 0. The number of aliphatic carboxylic acids is 2. The molecule has 0 spiro atoms. The Morgan fingerprint density at radius 2 is 1.68 bits per heavy atom. The van der Waals surface area contributed by atoms with Crippen LogP contribution in [0.4, 0.5) is 0 Å². The number of hydrogen-bond acceptors (Lipinski definition) is 6. The SMILES string of the molecule is C=CCN(C)CCCCCCOc1ccc(C(=O)C=CC=C(C)C)cn1.O=C(O)C=CC(=O)O. The number of pyridine rings is 1. The number of likely N-dealkylation sites (N-methyl/N-ethyl adjacent to an activating group) is 1. The molecule has 0 aliphatic heterocycles. The third kappa shape index (κ3) is 18.1. The average molecular weight is 473 g/mol. The molecule has 0 unspecified atom stereocenters. The highest BCUT2D eigenvalue weighted by Crippen LogP contribution is 2.10. The Labute approximate surface area is 202 Å². The van der Waals surface area contributed by atoms with Gasteiger partial charge in [0, 0.05) is 36.5 Å². The molecular formula is C26H36N2O6. The highest BCUT2D eigenvalue weighted by Gasteiger charge is 2.03. The van der Waals surface area contributed by atoms with Crippen molar-refractivity contribution in [3.05, 3.63) is 72.5 Å². The lowest BCUT2D eigenvalue weighted by Gasteiger charge is -2.13. The van der Waals surface area contributed by atoms with Crippen molar-refractivity contribution in [3.8, 4) is 5.88 Å². The maximum Gasteiger partial charge on any atom is 0.328 e. The number of carboxylic acid groups (broad SMARTS) is 2. The molecule has 0 saturated carbocycles. The third-order valence-corrected chi connectivity index (χ3v) is 4.19. The Morgan fingerprint density at radius 3 is 2.21 bits per heavy atom. The van der Waals surface area contributed by atoms with Gasteiger partial charge in [0.25, 0.3) is 0 Å². The van der Waals surface area contributed by atoms with Crippen LogP contribution in [0.2, 0.25) is 0 Å². The van der Waals surface area contributed by atoms with Crippen LogP contribution < -0.4 is 4.74 Å². The molecule has 0 atom stereocenters. The molecule has 0 saturated heterocycles. The van der Waals surface area contributed by atoms with Crippen molar-refractivity contribution < 1.29 is 29.3 Å². The van der Waals surface area contributed by atoms with Crippen molar-refractivity contribution >= 4 is 17.7 Å². The van der Waals surface area contributed by atoms with Gasteiger partial charge in [0.05, 0.1) is 6.61 Å². The Hall–Kier alpha value is -3.52. The Bertz CT molecular complexity index is 837. The molecule has 8 nitrogen and oxygen atoms in total. The summed E-state index contributed by atoms with van der Waals surface area (Å²) in [4.78, 5) is 37.6. The fourth-order valence-corrected chi connectivity index (χ4v) is 2.50. The highest BCUT2D eigenvalue weighted by atomic mass is 16.5. The van der Waals surface area contributed by atoms with E-state index in [2.05, 4.69) is 23.5 Å². The zero-order valence-corrected chi connectivity index (χ0v) is 20.3. The molecule has 2 N–H and O–H groups in total. The quantitative estimate of drug-likeness (QED) is 0.125. The number of rotatable bonds is 15. The van der Waals surface area contributed by atoms with E-state index in [4.69, 9.17) is 14.9 Å². The number of carboxylic acids is 2. The summed E-state index contributed by atoms with van der Waals surface area (Å²) in [7, 11) is 2.11. The van der Waals surface area contributed by atoms with Crippen molar-refractivity contribution in [1.29, 1.82) is 0 Å². The zero-order valence-electron chi connectivity index (χ0n) is 20.3. The van der Waals surface area contributed by atoms with Crippen molar-refractivity contribution in [2.24, 2.45) is 0 Å². The lowest BCUT2D eigenvalue weighted by atomic mass is 10.1. The molecular weight excluding hydrogens is 436 g/mol. The van der Waals surface area contributed by atoms with E-state index in [0.29, 0.717) is 30.2 Å². The standard InChI is InChI=1S/C22H32N2O2.C4H4O4/c1-5-15-24(4)16-8-6-7-9-17-26-22-14-13-20(18-23-22)21(25)12-10-11-19(2)3;5-3(6)1-2-4(7)8/h5,10-14,18H,1,6-9,15-17H2,2-4H3;1-2H,(H,5,6)(H,7,8). The molecule has 0 aliphatic rings. The summed E-state index contributed by atoms with van der Waals surface area (Å²) in [6.45, 7) is 10.4. The average Bonchev–Trinajstić information content (AvgIpc) is 2.77. The van der Waals surface area contributed by atoms with E-state index in [1.54, 1.807) is 30.5 Å². The van der Waals surface area contributed by atoms with Gasteiger partial charge in [-0.1, -0.05) is 36.6 Å². The van der Waals surface area contributed by atoms with Crippen LogP contribution in [0.15, 0.2) is 66.9 Å². The van der Waals surface area contributed by atoms with Crippen molar-refractivity contribution in [2.45, 2.75) is 39.5 Å². The summed E-state index contributed by atoms with van der Waals surface area (Å²) in [6.07, 6.45) is 14.4. The predicted molar refractivity (Wildman–Crippen MR) is 133 cm³/mol. The van der Waals surface area contributed by atoms with Gasteiger partial charge in [-0.25, -0.2) is 14.6 Å². The van der Waals surface area contributed by atoms with E-state index >= 15 is 0 Å². The lowest BCUT2D eigenvalue weighted by Crippen LogP contribution is -2.19. The number of nitrogens with zero attached hydrogens (tertiary/aromatic N) is 2. The van der Waals surface area contributed by atoms with E-state index in [1.165, 1.54) is 12.8 Å². The van der Waals surface area contributed by atoms with Crippen LogP contribution in [-0.4, -0.2) is 64.6 Å². The van der Waals surface area contributed by atoms with Gasteiger partial charge in [-0.15, -0.1) is 6.58 Å². The number of unbranched alkanes of at least 4 members (excludes halogenated alkanes) is 3. The molecule has 0 bridgehead atoms. The number of carbonyl (C=O) groups excluding carboxylic acids is 1. The first-order chi connectivity index (χ1) is 16.1. The first-order valence-corrected chi connectivity index (χ1v) is 11.0. The number of ketones is 1. The summed E-state index contributed by atoms with van der Waals surface area (Å²) in [5, 5.41) is 15.6. The first-order valence-electron chi connectivity index (χ1n) is 11.0. The predicted octanol–water partition coefficient (Wildman–Crippen LogP) is 4.56. The lowest BCUT2D eigenvalue weighted by molar-refractivity contribution is -0.134. The molecule has 0 amide bonds. The smallest absolute Gasteiger partial charge is 0.328 e. The first kappa shape index (κ1) is 30.5. The minimum Gasteiger partial charge on any atom is -0.478 e. The molecule has 1 rings (SSSR count). The van der Waals surface area contributed by atoms with Gasteiger partial charge in [0.1, 0.15) is 0 Å². The van der Waals surface area contributed by atoms with Crippen LogP contribution in [0.5, 0.6) is 5.88 Å². The van der Waals surface area contributed by atoms with E-state index in [0.717, 1.165) is 31.5 Å². The Balaban J connectivity index is 0.00000116. The molecule has 0 aromatic carbocycles. The molecule has 34 heavy (non-hydrogen) atoms. The fourth-order valence-electron chi connectivity index (χ4n) is 2.50. The van der Waals surface area contributed by atoms with Gasteiger partial charge in [0.2, 0.25) is 5.88 Å². The van der Waals surface area contributed by atoms with Crippen LogP contribution in [0, 0.1) is 0 Å². The number of ether oxygens (including phenoxy) is 1. The van der Waals surface area contributed by atoms with E-state index < -0.39 is 11.9 Å². The second-order valence-electron chi connectivity index (χ2n) is 7.68. The summed E-state index contributed by atoms with van der Waals surface area (Å²) in [5.41, 5.74) is 1.72. The topological polar surface area (TPSA) is 117 Å². The number of allylic oxidation sites excluding steroid dienone is 4. The van der Waals surface area contributed by atoms with Crippen LogP contribution in [0.3, 0.4) is 0 Å². The van der Waals surface area contributed by atoms with Crippen LogP contribution in [-0.2, 0) is 9.59 Å². The Morgan fingerprint density at radius 1 is 1.03 bits per heavy atom. The van der Waals surface area contributed by atoms with E-state index in [9.17, 15) is 14.4 Å². The van der Waals surface area contributed by atoms with Crippen LogP contribution >= 0.6 is 0 Å². The van der Waals surface area contributed by atoms with E-state index in [1.807, 2.05) is 26.0 Å². The molecule has 186 valence electrons. The monoisotopic (exact) mass is 472 g/mol. The van der Waals surface area contributed by atoms with Crippen LogP contribution in [0.1, 0.15) is 49.9 Å². The normalized spacial score (nSPS) is 10.6.